The van der Waals surface area contributed by atoms with Gasteiger partial charge in [-0.25, -0.2) is 0 Å². The number of hydrogen-bond donors (Lipinski definition) is 3. The molecule has 28 heavy (non-hydrogen) atoms. The zero-order valence-electron chi connectivity index (χ0n) is 15.3. The lowest BCUT2D eigenvalue weighted by molar-refractivity contribution is 0.214. The van der Waals surface area contributed by atoms with E-state index in [0.29, 0.717) is 22.5 Å². The molecule has 2 atom stereocenters. The van der Waals surface area contributed by atoms with E-state index in [2.05, 4.69) is 11.1 Å². The Bertz CT molecular complexity index is 1040. The number of nitrogens with two attached hydrogens (primary N) is 1. The minimum atomic E-state index is -0.896. The van der Waals surface area contributed by atoms with E-state index in [0.717, 1.165) is 10.5 Å². The highest BCUT2D eigenvalue weighted by molar-refractivity contribution is 8.14. The molecule has 0 amide bonds. The van der Waals surface area contributed by atoms with Crippen LogP contribution in [0, 0.1) is 23.7 Å². The molecule has 0 aliphatic rings. The van der Waals surface area contributed by atoms with Crippen LogP contribution < -0.4 is 5.73 Å². The van der Waals surface area contributed by atoms with E-state index in [-0.39, 0.29) is 5.04 Å². The van der Waals surface area contributed by atoms with Crippen LogP contribution in [0.1, 0.15) is 34.4 Å². The van der Waals surface area contributed by atoms with Gasteiger partial charge in [0.1, 0.15) is 12.0 Å². The summed E-state index contributed by atoms with van der Waals surface area (Å²) in [6.07, 6.45) is 0.747. The Hall–Kier alpha value is -3.14. The summed E-state index contributed by atoms with van der Waals surface area (Å²) in [4.78, 5) is 5.02. The van der Waals surface area contributed by atoms with Crippen molar-refractivity contribution in [2.24, 2.45) is 0 Å². The Kier molecular flexibility index (Phi) is 6.09. The number of pyridine rings is 1. The third-order valence-corrected chi connectivity index (χ3v) is 5.45. The van der Waals surface area contributed by atoms with Gasteiger partial charge in [0.25, 0.3) is 0 Å². The molecule has 2 unspecified atom stereocenters. The lowest BCUT2D eigenvalue weighted by Gasteiger charge is -2.16. The maximum Gasteiger partial charge on any atom is 0.121 e. The van der Waals surface area contributed by atoms with Crippen LogP contribution in [0.3, 0.4) is 0 Å². The van der Waals surface area contributed by atoms with E-state index in [1.807, 2.05) is 37.3 Å². The van der Waals surface area contributed by atoms with Crippen molar-refractivity contribution >= 4 is 22.5 Å². The van der Waals surface area contributed by atoms with Crippen LogP contribution >= 0.6 is 11.8 Å². The molecule has 0 aliphatic carbocycles. The van der Waals surface area contributed by atoms with Gasteiger partial charge in [-0.05, 0) is 41.8 Å². The van der Waals surface area contributed by atoms with Crippen LogP contribution in [-0.4, -0.2) is 15.1 Å². The van der Waals surface area contributed by atoms with Crippen LogP contribution in [0.15, 0.2) is 71.8 Å². The molecule has 0 spiro atoms. The van der Waals surface area contributed by atoms with Gasteiger partial charge in [-0.3, -0.25) is 10.4 Å². The number of aromatic nitrogens is 1. The molecule has 3 rings (SSSR count). The standard InChI is InChI=1S/C22H20N4OS/c1-14-6-5-11-26-20(14)21(27)16-8-4-7-15(12-16)17(13-23)22(25)28-19-10-3-2-9-18(19)24/h2-12,17,21,25,27H,24H2,1H3. The SMILES string of the molecule is Cc1cccnc1C(O)c1cccc(C(C#N)C(=N)Sc2ccccc2N)c1. The molecule has 0 saturated heterocycles. The number of benzene rings is 2. The molecule has 1 aromatic heterocycles. The van der Waals surface area contributed by atoms with Crippen LogP contribution in [0.5, 0.6) is 0 Å². The number of nitrogens with one attached hydrogen (secondary N) is 1. The minimum absolute atomic E-state index is 0.182. The second-order valence-corrected chi connectivity index (χ2v) is 7.43. The monoisotopic (exact) mass is 388 g/mol. The van der Waals surface area contributed by atoms with E-state index in [1.165, 1.54) is 11.8 Å². The molecule has 2 aromatic carbocycles. The highest BCUT2D eigenvalue weighted by atomic mass is 32.2. The number of para-hydroxylation sites is 1. The Morgan fingerprint density at radius 2 is 1.89 bits per heavy atom. The van der Waals surface area contributed by atoms with Crippen molar-refractivity contribution in [2.75, 3.05) is 5.73 Å². The molecular formula is C22H20N4OS. The van der Waals surface area contributed by atoms with Crippen molar-refractivity contribution in [1.29, 1.82) is 10.7 Å². The summed E-state index contributed by atoms with van der Waals surface area (Å²) in [6.45, 7) is 1.89. The Balaban J connectivity index is 1.87. The molecule has 0 bridgehead atoms. The van der Waals surface area contributed by atoms with Gasteiger partial charge >= 0.3 is 0 Å². The van der Waals surface area contributed by atoms with Gasteiger partial charge in [-0.15, -0.1) is 0 Å². The first-order valence-electron chi connectivity index (χ1n) is 8.71. The predicted octanol–water partition coefficient (Wildman–Crippen LogP) is 4.43. The number of rotatable bonds is 5. The van der Waals surface area contributed by atoms with Crippen LogP contribution in [-0.2, 0) is 0 Å². The molecule has 5 nitrogen and oxygen atoms in total. The molecule has 0 radical (unpaired) electrons. The second-order valence-electron chi connectivity index (χ2n) is 6.34. The van der Waals surface area contributed by atoms with Crippen molar-refractivity contribution in [1.82, 2.24) is 4.98 Å². The maximum absolute atomic E-state index is 10.7. The highest BCUT2D eigenvalue weighted by Gasteiger charge is 2.21. The fourth-order valence-corrected chi connectivity index (χ4v) is 3.76. The van der Waals surface area contributed by atoms with Gasteiger partial charge in [0.2, 0.25) is 0 Å². The highest BCUT2D eigenvalue weighted by Crippen LogP contribution is 2.33. The molecule has 140 valence electrons. The van der Waals surface area contributed by atoms with Gasteiger partial charge in [0.15, 0.2) is 0 Å². The number of thioether (sulfide) groups is 1. The van der Waals surface area contributed by atoms with Gasteiger partial charge in [-0.2, -0.15) is 5.26 Å². The fourth-order valence-electron chi connectivity index (χ4n) is 2.89. The number of aliphatic hydroxyl groups excluding tert-OH is 1. The lowest BCUT2D eigenvalue weighted by atomic mass is 9.95. The number of nitriles is 1. The van der Waals surface area contributed by atoms with Gasteiger partial charge < -0.3 is 10.8 Å². The first-order chi connectivity index (χ1) is 13.5. The van der Waals surface area contributed by atoms with Crippen molar-refractivity contribution < 1.29 is 5.11 Å². The molecule has 3 aromatic rings. The van der Waals surface area contributed by atoms with Gasteiger partial charge in [0.05, 0.1) is 16.8 Å². The Morgan fingerprint density at radius 3 is 2.61 bits per heavy atom. The van der Waals surface area contributed by atoms with E-state index in [4.69, 9.17) is 11.1 Å². The number of aliphatic hydroxyl groups is 1. The van der Waals surface area contributed by atoms with E-state index in [9.17, 15) is 10.4 Å². The number of anilines is 1. The van der Waals surface area contributed by atoms with Crippen LogP contribution in [0.2, 0.25) is 0 Å². The normalized spacial score (nSPS) is 12.8. The number of nitrogens with zero attached hydrogens (tertiary/aromatic N) is 2. The predicted molar refractivity (Wildman–Crippen MR) is 112 cm³/mol. The molecule has 0 aliphatic heterocycles. The summed E-state index contributed by atoms with van der Waals surface area (Å²) < 4.78 is 0. The van der Waals surface area contributed by atoms with Gasteiger partial charge in [-0.1, -0.05) is 54.2 Å². The van der Waals surface area contributed by atoms with Crippen molar-refractivity contribution in [3.8, 4) is 6.07 Å². The van der Waals surface area contributed by atoms with E-state index in [1.54, 1.807) is 36.5 Å². The third-order valence-electron chi connectivity index (χ3n) is 4.40. The number of nitrogen functional groups attached to an aromatic ring is 1. The average Bonchev–Trinajstić information content (AvgIpc) is 2.70. The number of hydrogen-bond acceptors (Lipinski definition) is 6. The van der Waals surface area contributed by atoms with E-state index < -0.39 is 12.0 Å². The maximum atomic E-state index is 10.7. The summed E-state index contributed by atoms with van der Waals surface area (Å²) in [6, 6.07) is 20.3. The molecule has 6 heteroatoms. The summed E-state index contributed by atoms with van der Waals surface area (Å²) in [7, 11) is 0. The summed E-state index contributed by atoms with van der Waals surface area (Å²) in [5.74, 6) is -0.749. The lowest BCUT2D eigenvalue weighted by Crippen LogP contribution is -2.09. The molecule has 4 N–H and O–H groups in total. The van der Waals surface area contributed by atoms with Crippen LogP contribution in [0.25, 0.3) is 0 Å². The molecular weight excluding hydrogens is 368 g/mol. The smallest absolute Gasteiger partial charge is 0.121 e. The largest absolute Gasteiger partial charge is 0.398 e. The summed E-state index contributed by atoms with van der Waals surface area (Å²) >= 11 is 1.17. The second kappa shape index (κ2) is 8.70. The first kappa shape index (κ1) is 19.6. The zero-order valence-corrected chi connectivity index (χ0v) is 16.1. The van der Waals surface area contributed by atoms with Crippen molar-refractivity contribution in [2.45, 2.75) is 23.8 Å². The summed E-state index contributed by atoms with van der Waals surface area (Å²) in [5.41, 5.74) is 9.28. The van der Waals surface area contributed by atoms with Crippen LogP contribution in [0.4, 0.5) is 5.69 Å². The quantitative estimate of drug-likeness (QED) is 0.259. The van der Waals surface area contributed by atoms with Gasteiger partial charge in [0, 0.05) is 16.8 Å². The Morgan fingerprint density at radius 1 is 1.14 bits per heavy atom. The Labute approximate surface area is 168 Å². The van der Waals surface area contributed by atoms with Crippen molar-refractivity contribution in [3.05, 3.63) is 89.2 Å². The molecule has 1 heterocycles. The minimum Gasteiger partial charge on any atom is -0.398 e. The zero-order chi connectivity index (χ0) is 20.1. The van der Waals surface area contributed by atoms with Crippen molar-refractivity contribution in [3.63, 3.8) is 0 Å². The summed E-state index contributed by atoms with van der Waals surface area (Å²) in [5, 5.41) is 29.0. The average molecular weight is 388 g/mol. The number of aryl methyl sites for hydroxylation is 1. The fraction of sp³-hybridized carbons (Fsp3) is 0.136. The third kappa shape index (κ3) is 4.22. The van der Waals surface area contributed by atoms with E-state index >= 15 is 0 Å². The molecule has 0 fully saturated rings. The first-order valence-corrected chi connectivity index (χ1v) is 9.52. The molecule has 0 saturated carbocycles. The topological polar surface area (TPSA) is 107 Å².